The highest BCUT2D eigenvalue weighted by atomic mass is 19.1. The van der Waals surface area contributed by atoms with Gasteiger partial charge in [-0.1, -0.05) is 11.3 Å². The molecule has 1 unspecified atom stereocenters. The second-order valence-corrected chi connectivity index (χ2v) is 9.11. The van der Waals surface area contributed by atoms with E-state index in [-0.39, 0.29) is 52.6 Å². The van der Waals surface area contributed by atoms with Crippen molar-refractivity contribution in [3.05, 3.63) is 88.8 Å². The van der Waals surface area contributed by atoms with Gasteiger partial charge in [0.15, 0.2) is 0 Å². The number of azo groups is 1. The Morgan fingerprint density at radius 3 is 2.60 bits per heavy atom. The summed E-state index contributed by atoms with van der Waals surface area (Å²) in [6, 6.07) is 6.18. The summed E-state index contributed by atoms with van der Waals surface area (Å²) in [5.41, 5.74) is 1.46. The van der Waals surface area contributed by atoms with Crippen LogP contribution in [0.3, 0.4) is 0 Å². The van der Waals surface area contributed by atoms with Gasteiger partial charge in [0.1, 0.15) is 23.0 Å². The highest BCUT2D eigenvalue weighted by Crippen LogP contribution is 2.26. The second-order valence-electron chi connectivity index (χ2n) is 9.11. The molecule has 1 amide bonds. The number of carbonyl (C=O) groups excluding carboxylic acids is 1. The molecule has 14 heteroatoms. The fraction of sp³-hybridized carbons (Fsp3) is 0.214. The summed E-state index contributed by atoms with van der Waals surface area (Å²) in [4.78, 5) is 39.9. The van der Waals surface area contributed by atoms with Crippen LogP contribution in [0.5, 0.6) is 0 Å². The van der Waals surface area contributed by atoms with Crippen LogP contribution in [-0.4, -0.2) is 61.1 Å². The Bertz CT molecular complexity index is 1680. The van der Waals surface area contributed by atoms with E-state index in [2.05, 4.69) is 30.8 Å². The molecule has 216 valence electrons. The van der Waals surface area contributed by atoms with Gasteiger partial charge in [-0.15, -0.1) is 5.10 Å². The van der Waals surface area contributed by atoms with Gasteiger partial charge in [0.25, 0.3) is 5.91 Å². The van der Waals surface area contributed by atoms with Crippen molar-refractivity contribution in [3.8, 4) is 17.1 Å². The summed E-state index contributed by atoms with van der Waals surface area (Å²) in [6.07, 6.45) is 5.36. The molecule has 1 atom stereocenters. The molecule has 0 aliphatic heterocycles. The van der Waals surface area contributed by atoms with E-state index in [4.69, 9.17) is 0 Å². The van der Waals surface area contributed by atoms with Crippen molar-refractivity contribution in [3.63, 3.8) is 0 Å². The van der Waals surface area contributed by atoms with E-state index in [0.717, 1.165) is 18.2 Å². The van der Waals surface area contributed by atoms with Crippen LogP contribution in [0.1, 0.15) is 46.7 Å². The second kappa shape index (κ2) is 12.8. The maximum absolute atomic E-state index is 14.0. The minimum Gasteiger partial charge on any atom is -0.481 e. The predicted octanol–water partition coefficient (Wildman–Crippen LogP) is 4.61. The Morgan fingerprint density at radius 2 is 1.90 bits per heavy atom. The fourth-order valence-corrected chi connectivity index (χ4v) is 4.09. The Labute approximate surface area is 237 Å². The lowest BCUT2D eigenvalue weighted by Gasteiger charge is -2.14. The molecular weight excluding hydrogens is 552 g/mol. The molecule has 0 spiro atoms. The monoisotopic (exact) mass is 577 g/mol. The van der Waals surface area contributed by atoms with Gasteiger partial charge < -0.3 is 15.5 Å². The summed E-state index contributed by atoms with van der Waals surface area (Å²) in [5.74, 6) is -5.27. The van der Waals surface area contributed by atoms with E-state index in [1.165, 1.54) is 35.2 Å². The Balaban J connectivity index is 1.66. The van der Waals surface area contributed by atoms with E-state index < -0.39 is 35.4 Å². The van der Waals surface area contributed by atoms with E-state index in [9.17, 15) is 33.4 Å². The van der Waals surface area contributed by atoms with Gasteiger partial charge in [-0.3, -0.25) is 9.59 Å². The summed E-state index contributed by atoms with van der Waals surface area (Å²) in [7, 11) is 0. The number of aromatic carboxylic acids is 1. The molecule has 1 aliphatic rings. The average molecular weight is 578 g/mol. The molecule has 12 nitrogen and oxygen atoms in total. The number of hydrogen-bond donors (Lipinski definition) is 3. The van der Waals surface area contributed by atoms with Gasteiger partial charge in [-0.25, -0.2) is 23.2 Å². The highest BCUT2D eigenvalue weighted by Gasteiger charge is 2.22. The molecule has 2 aromatic heterocycles. The number of nitrogens with one attached hydrogen (secondary N) is 1. The zero-order valence-electron chi connectivity index (χ0n) is 22.5. The lowest BCUT2D eigenvalue weighted by molar-refractivity contribution is -0.140. The molecule has 42 heavy (non-hydrogen) atoms. The predicted molar refractivity (Wildman–Crippen MR) is 146 cm³/mol. The molecule has 1 aliphatic carbocycles. The molecule has 3 aromatic rings. The van der Waals surface area contributed by atoms with Crippen molar-refractivity contribution in [2.45, 2.75) is 20.3 Å². The molecule has 0 radical (unpaired) electrons. The van der Waals surface area contributed by atoms with Crippen molar-refractivity contribution in [1.29, 1.82) is 0 Å². The number of amides is 1. The van der Waals surface area contributed by atoms with E-state index in [1.807, 2.05) is 0 Å². The normalized spacial score (nSPS) is 15.3. The van der Waals surface area contributed by atoms with E-state index >= 15 is 0 Å². The van der Waals surface area contributed by atoms with Crippen LogP contribution in [0.15, 0.2) is 76.4 Å². The number of hydrogen-bond acceptors (Lipinski definition) is 8. The van der Waals surface area contributed by atoms with Gasteiger partial charge in [0, 0.05) is 12.1 Å². The Kier molecular flexibility index (Phi) is 9.05. The first-order valence-electron chi connectivity index (χ1n) is 12.7. The molecule has 0 saturated heterocycles. The minimum absolute atomic E-state index is 0.0501. The van der Waals surface area contributed by atoms with Crippen LogP contribution in [0.25, 0.3) is 22.8 Å². The summed E-state index contributed by atoms with van der Waals surface area (Å²) >= 11 is 0. The lowest BCUT2D eigenvalue weighted by Crippen LogP contribution is -2.23. The molecule has 0 bridgehead atoms. The van der Waals surface area contributed by atoms with Crippen LogP contribution in [-0.2, 0) is 4.79 Å². The van der Waals surface area contributed by atoms with Gasteiger partial charge in [0.05, 0.1) is 41.3 Å². The van der Waals surface area contributed by atoms with E-state index in [0.29, 0.717) is 12.1 Å². The van der Waals surface area contributed by atoms with Crippen LogP contribution in [0, 0.1) is 11.7 Å². The standard InChI is InChI=1S/C28H25F2N7O5/c1-3-22(34-32-13-15-5-17(27(39)40)7-19(29)6-15)23-10-16(26(38)31-4-2)11-24(33-23)25-14-37(36-35-25)21-9-18(28(41)42)8-20(30)12-21/h3,6-12,14,17H,4-5,13H2,1-2H3,(H,31,38)(H,39,40)(H,41,42)/b22-3-,34-32?. The maximum atomic E-state index is 14.0. The van der Waals surface area contributed by atoms with Crippen molar-refractivity contribution < 1.29 is 33.4 Å². The number of halogens is 2. The molecule has 4 rings (SSSR count). The van der Waals surface area contributed by atoms with Crippen LogP contribution in [0.4, 0.5) is 8.78 Å². The third kappa shape index (κ3) is 7.02. The first-order chi connectivity index (χ1) is 20.1. The number of allylic oxidation sites excluding steroid dienone is 3. The third-order valence-electron chi connectivity index (χ3n) is 6.06. The van der Waals surface area contributed by atoms with Gasteiger partial charge in [0.2, 0.25) is 0 Å². The maximum Gasteiger partial charge on any atom is 0.335 e. The van der Waals surface area contributed by atoms with Crippen LogP contribution in [0.2, 0.25) is 0 Å². The molecule has 2 heterocycles. The number of nitrogens with zero attached hydrogens (tertiary/aromatic N) is 6. The number of aromatic nitrogens is 4. The number of carbonyl (C=O) groups is 3. The quantitative estimate of drug-likeness (QED) is 0.293. The molecule has 0 saturated carbocycles. The van der Waals surface area contributed by atoms with Gasteiger partial charge >= 0.3 is 11.9 Å². The zero-order valence-corrected chi connectivity index (χ0v) is 22.5. The summed E-state index contributed by atoms with van der Waals surface area (Å²) in [6.45, 7) is 3.75. The summed E-state index contributed by atoms with van der Waals surface area (Å²) in [5, 5.41) is 37.5. The molecular formula is C28H25F2N7O5. The topological polar surface area (TPSA) is 172 Å². The third-order valence-corrected chi connectivity index (χ3v) is 6.06. The average Bonchev–Trinajstić information content (AvgIpc) is 3.45. The van der Waals surface area contributed by atoms with Crippen molar-refractivity contribution in [2.75, 3.05) is 13.1 Å². The number of rotatable bonds is 10. The van der Waals surface area contributed by atoms with E-state index in [1.54, 1.807) is 19.9 Å². The Hall–Kier alpha value is -5.40. The van der Waals surface area contributed by atoms with Crippen molar-refractivity contribution in [2.24, 2.45) is 16.1 Å². The van der Waals surface area contributed by atoms with Crippen LogP contribution < -0.4 is 5.32 Å². The largest absolute Gasteiger partial charge is 0.481 e. The minimum atomic E-state index is -1.31. The highest BCUT2D eigenvalue weighted by molar-refractivity contribution is 5.95. The lowest BCUT2D eigenvalue weighted by atomic mass is 9.94. The van der Waals surface area contributed by atoms with Gasteiger partial charge in [-0.05, 0) is 68.3 Å². The summed E-state index contributed by atoms with van der Waals surface area (Å²) < 4.78 is 29.1. The van der Waals surface area contributed by atoms with Crippen molar-refractivity contribution >= 4 is 23.5 Å². The number of aliphatic carboxylic acids is 1. The number of carboxylic acids is 2. The zero-order chi connectivity index (χ0) is 30.4. The smallest absolute Gasteiger partial charge is 0.335 e. The van der Waals surface area contributed by atoms with Crippen LogP contribution >= 0.6 is 0 Å². The molecule has 0 fully saturated rings. The van der Waals surface area contributed by atoms with Gasteiger partial charge in [-0.2, -0.15) is 10.2 Å². The SMILES string of the molecule is C/C=C(\N=NCC1=CC(F)=CC(C(=O)O)C1)c1cc(C(=O)NCC)cc(-c2cn(-c3cc(F)cc(C(=O)O)c3)nn2)n1. The molecule has 1 aromatic carbocycles. The molecule has 3 N–H and O–H groups in total. The fourth-order valence-electron chi connectivity index (χ4n) is 4.09. The van der Waals surface area contributed by atoms with Crippen molar-refractivity contribution in [1.82, 2.24) is 25.3 Å². The Morgan fingerprint density at radius 1 is 1.12 bits per heavy atom. The number of pyridine rings is 1. The first-order valence-corrected chi connectivity index (χ1v) is 12.7. The number of benzene rings is 1. The number of carboxylic acid groups (broad SMARTS) is 2. The first kappa shape index (κ1) is 29.6.